The van der Waals surface area contributed by atoms with Crippen molar-refractivity contribution in [3.8, 4) is 0 Å². The third-order valence-corrected chi connectivity index (χ3v) is 7.07. The quantitative estimate of drug-likeness (QED) is 0.279. The van der Waals surface area contributed by atoms with Crippen molar-refractivity contribution in [3.05, 3.63) is 36.9 Å². The van der Waals surface area contributed by atoms with E-state index in [1.807, 2.05) is 0 Å². The van der Waals surface area contributed by atoms with Crippen molar-refractivity contribution in [2.45, 2.75) is 29.4 Å². The first-order valence-electron chi connectivity index (χ1n) is 10.2. The van der Waals surface area contributed by atoms with Crippen LogP contribution >= 0.6 is 7.60 Å². The summed E-state index contributed by atoms with van der Waals surface area (Å²) in [7, 11) is -6.14. The van der Waals surface area contributed by atoms with Crippen LogP contribution in [0.25, 0.3) is 11.2 Å². The molecule has 4 N–H and O–H groups in total. The van der Waals surface area contributed by atoms with Gasteiger partial charge in [-0.2, -0.15) is 0 Å². The molecular formula is C19H24N5O9PS. The maximum Gasteiger partial charge on any atom is 0.350 e. The molecule has 0 saturated carbocycles. The van der Waals surface area contributed by atoms with E-state index in [9.17, 15) is 23.2 Å². The Morgan fingerprint density at radius 1 is 1.20 bits per heavy atom. The smallest absolute Gasteiger partial charge is 0.350 e. The SMILES string of the molecule is CN(c1cccc(S(C)(=O)=O)c1)c1ncnc2c1ncn2[C@@H]1O[C@H](COCP(=O)(O)O)[C@@H](O)[C@H]1O. The number of aliphatic hydroxyl groups excluding tert-OH is 2. The predicted octanol–water partition coefficient (Wildman–Crippen LogP) is -0.231. The van der Waals surface area contributed by atoms with Gasteiger partial charge in [-0.05, 0) is 18.2 Å². The van der Waals surface area contributed by atoms with E-state index in [-0.39, 0.29) is 17.1 Å². The van der Waals surface area contributed by atoms with Gasteiger partial charge in [-0.15, -0.1) is 0 Å². The number of hydrogen-bond donors (Lipinski definition) is 4. The minimum atomic E-state index is -4.40. The monoisotopic (exact) mass is 529 g/mol. The minimum absolute atomic E-state index is 0.140. The first-order valence-corrected chi connectivity index (χ1v) is 13.9. The summed E-state index contributed by atoms with van der Waals surface area (Å²) in [5.74, 6) is 0.356. The molecule has 0 amide bonds. The third kappa shape index (κ3) is 5.37. The molecule has 0 radical (unpaired) electrons. The molecule has 1 aliphatic heterocycles. The summed E-state index contributed by atoms with van der Waals surface area (Å²) in [5.41, 5.74) is 1.14. The second kappa shape index (κ2) is 9.52. The Bertz CT molecular complexity index is 1380. The summed E-state index contributed by atoms with van der Waals surface area (Å²) in [6.07, 6.45) is -2.08. The molecule has 3 aromatic rings. The second-order valence-corrected chi connectivity index (χ2v) is 11.7. The van der Waals surface area contributed by atoms with Gasteiger partial charge in [0.1, 0.15) is 31.0 Å². The highest BCUT2D eigenvalue weighted by molar-refractivity contribution is 7.90. The summed E-state index contributed by atoms with van der Waals surface area (Å²) >= 11 is 0. The highest BCUT2D eigenvalue weighted by Gasteiger charge is 2.44. The number of rotatable bonds is 8. The zero-order valence-corrected chi connectivity index (χ0v) is 20.3. The summed E-state index contributed by atoms with van der Waals surface area (Å²) < 4.78 is 46.9. The lowest BCUT2D eigenvalue weighted by Crippen LogP contribution is -2.33. The van der Waals surface area contributed by atoms with Crippen molar-refractivity contribution >= 4 is 40.1 Å². The Morgan fingerprint density at radius 3 is 2.63 bits per heavy atom. The molecule has 0 unspecified atom stereocenters. The maximum absolute atomic E-state index is 11.9. The minimum Gasteiger partial charge on any atom is -0.387 e. The standard InChI is InChI=1S/C19H24N5O9PS/c1-23(11-4-3-5-12(6-11)35(2,30)31)17-14-18(21-8-20-17)24(9-22-14)19-16(26)15(25)13(33-19)7-32-10-34(27,28)29/h3-6,8-9,13,15-16,19,25-26H,7,10H2,1-2H3,(H2,27,28,29)/t13-,15-,16-,19-/m1/s1. The van der Waals surface area contributed by atoms with Gasteiger partial charge in [0.15, 0.2) is 33.0 Å². The van der Waals surface area contributed by atoms with Gasteiger partial charge < -0.3 is 34.4 Å². The average molecular weight is 529 g/mol. The Morgan fingerprint density at radius 2 is 1.94 bits per heavy atom. The Balaban J connectivity index is 1.61. The van der Waals surface area contributed by atoms with Gasteiger partial charge in [-0.3, -0.25) is 9.13 Å². The fourth-order valence-corrected chi connectivity index (χ4v) is 4.70. The molecule has 2 aromatic heterocycles. The predicted molar refractivity (Wildman–Crippen MR) is 122 cm³/mol. The molecule has 35 heavy (non-hydrogen) atoms. The fraction of sp³-hybridized carbons (Fsp3) is 0.421. The molecule has 3 heterocycles. The lowest BCUT2D eigenvalue weighted by atomic mass is 10.1. The average Bonchev–Trinajstić information content (AvgIpc) is 3.33. The number of ether oxygens (including phenoxy) is 2. The summed E-state index contributed by atoms with van der Waals surface area (Å²) in [4.78, 5) is 32.4. The van der Waals surface area contributed by atoms with E-state index in [4.69, 9.17) is 19.3 Å². The fourth-order valence-electron chi connectivity index (χ4n) is 3.70. The molecule has 1 fully saturated rings. The van der Waals surface area contributed by atoms with Gasteiger partial charge in [0.05, 0.1) is 17.8 Å². The number of nitrogens with zero attached hydrogens (tertiary/aromatic N) is 5. The van der Waals surface area contributed by atoms with E-state index in [1.165, 1.54) is 29.4 Å². The van der Waals surface area contributed by atoms with Crippen molar-refractivity contribution < 1.29 is 42.5 Å². The van der Waals surface area contributed by atoms with Crippen LogP contribution in [0.3, 0.4) is 0 Å². The molecule has 1 aromatic carbocycles. The lowest BCUT2D eigenvalue weighted by molar-refractivity contribution is -0.0612. The van der Waals surface area contributed by atoms with E-state index in [2.05, 4.69) is 15.0 Å². The van der Waals surface area contributed by atoms with Gasteiger partial charge in [-0.1, -0.05) is 6.07 Å². The second-order valence-electron chi connectivity index (χ2n) is 8.06. The number of imidazole rings is 1. The molecule has 4 atom stereocenters. The molecule has 1 saturated heterocycles. The zero-order chi connectivity index (χ0) is 25.5. The van der Waals surface area contributed by atoms with Gasteiger partial charge in [-0.25, -0.2) is 23.4 Å². The highest BCUT2D eigenvalue weighted by atomic mass is 32.2. The van der Waals surface area contributed by atoms with E-state index in [0.717, 1.165) is 6.26 Å². The van der Waals surface area contributed by atoms with Gasteiger partial charge >= 0.3 is 7.60 Å². The first-order chi connectivity index (χ1) is 16.4. The van der Waals surface area contributed by atoms with Crippen molar-refractivity contribution in [2.24, 2.45) is 0 Å². The van der Waals surface area contributed by atoms with Crippen LogP contribution in [0.5, 0.6) is 0 Å². The number of anilines is 2. The number of sulfone groups is 1. The molecule has 1 aliphatic rings. The molecule has 0 bridgehead atoms. The Hall–Kier alpha value is -2.49. The summed E-state index contributed by atoms with van der Waals surface area (Å²) in [6, 6.07) is 6.31. The summed E-state index contributed by atoms with van der Waals surface area (Å²) in [5, 5.41) is 20.9. The molecule has 4 rings (SSSR count). The van der Waals surface area contributed by atoms with Crippen LogP contribution < -0.4 is 4.90 Å². The van der Waals surface area contributed by atoms with E-state index >= 15 is 0 Å². The van der Waals surface area contributed by atoms with E-state index in [1.54, 1.807) is 24.1 Å². The van der Waals surface area contributed by atoms with Crippen LogP contribution in [0.1, 0.15) is 6.23 Å². The van der Waals surface area contributed by atoms with Gasteiger partial charge in [0.2, 0.25) is 0 Å². The van der Waals surface area contributed by atoms with Crippen molar-refractivity contribution in [2.75, 3.05) is 31.2 Å². The van der Waals surface area contributed by atoms with Crippen LogP contribution in [0.4, 0.5) is 11.5 Å². The maximum atomic E-state index is 11.9. The van der Waals surface area contributed by atoms with Crippen molar-refractivity contribution in [3.63, 3.8) is 0 Å². The normalized spacial score (nSPS) is 23.1. The molecule has 14 nitrogen and oxygen atoms in total. The number of aliphatic hydroxyl groups is 2. The van der Waals surface area contributed by atoms with Crippen molar-refractivity contribution in [1.82, 2.24) is 19.5 Å². The van der Waals surface area contributed by atoms with Crippen LogP contribution in [0, 0.1) is 0 Å². The molecule has 0 aliphatic carbocycles. The van der Waals surface area contributed by atoms with Crippen molar-refractivity contribution in [1.29, 1.82) is 0 Å². The number of aromatic nitrogens is 4. The number of fused-ring (bicyclic) bond motifs is 1. The van der Waals surface area contributed by atoms with Crippen LogP contribution in [0.15, 0.2) is 41.8 Å². The Kier molecular flexibility index (Phi) is 6.96. The zero-order valence-electron chi connectivity index (χ0n) is 18.6. The van der Waals surface area contributed by atoms with E-state index in [0.29, 0.717) is 17.0 Å². The molecule has 0 spiro atoms. The lowest BCUT2D eigenvalue weighted by Gasteiger charge is -2.20. The largest absolute Gasteiger partial charge is 0.387 e. The number of hydrogen-bond acceptors (Lipinski definition) is 11. The van der Waals surface area contributed by atoms with Gasteiger partial charge in [0, 0.05) is 19.0 Å². The topological polar surface area (TPSA) is 197 Å². The first kappa shape index (κ1) is 25.6. The third-order valence-electron chi connectivity index (χ3n) is 5.44. The molecule has 16 heteroatoms. The Labute approximate surface area is 199 Å². The van der Waals surface area contributed by atoms with Crippen LogP contribution in [0.2, 0.25) is 0 Å². The number of benzene rings is 1. The van der Waals surface area contributed by atoms with Crippen LogP contribution in [-0.4, -0.2) is 92.5 Å². The van der Waals surface area contributed by atoms with Crippen LogP contribution in [-0.2, 0) is 23.9 Å². The van der Waals surface area contributed by atoms with Gasteiger partial charge in [0.25, 0.3) is 0 Å². The summed E-state index contributed by atoms with van der Waals surface area (Å²) in [6.45, 7) is -0.355. The van der Waals surface area contributed by atoms with E-state index < -0.39 is 48.3 Å². The molecule has 190 valence electrons. The molecular weight excluding hydrogens is 505 g/mol. The highest BCUT2D eigenvalue weighted by Crippen LogP contribution is 2.36.